The number of aromatic nitrogens is 1. The number of halogens is 2. The Bertz CT molecular complexity index is 426. The van der Waals surface area contributed by atoms with Crippen LogP contribution >= 0.6 is 11.6 Å². The molecule has 0 saturated carbocycles. The Morgan fingerprint density at radius 3 is 2.50 bits per heavy atom. The second-order valence-electron chi connectivity index (χ2n) is 3.27. The second kappa shape index (κ2) is 3.86. The van der Waals surface area contributed by atoms with Crippen LogP contribution in [0.4, 0.5) is 3.89 Å². The third kappa shape index (κ3) is 2.45. The van der Waals surface area contributed by atoms with Crippen LogP contribution in [-0.2, 0) is 16.6 Å². The molecule has 0 radical (unpaired) electrons. The Morgan fingerprint density at radius 1 is 1.57 bits per heavy atom. The minimum atomic E-state index is -4.91. The van der Waals surface area contributed by atoms with E-state index in [0.717, 1.165) is 0 Å². The molecule has 0 atom stereocenters. The minimum Gasteiger partial charge on any atom is -0.340 e. The van der Waals surface area contributed by atoms with Gasteiger partial charge in [-0.15, -0.1) is 0 Å². The molecule has 0 aliphatic carbocycles. The van der Waals surface area contributed by atoms with E-state index >= 15 is 0 Å². The quantitative estimate of drug-likeness (QED) is 0.761. The van der Waals surface area contributed by atoms with Crippen LogP contribution < -0.4 is 0 Å². The molecule has 0 aliphatic rings. The van der Waals surface area contributed by atoms with Gasteiger partial charge in [-0.3, -0.25) is 0 Å². The van der Waals surface area contributed by atoms with Crippen molar-refractivity contribution in [1.29, 1.82) is 0 Å². The van der Waals surface area contributed by atoms with Crippen LogP contribution in [-0.4, -0.2) is 13.6 Å². The standard InChI is InChI=1S/C7H9ClFNO3S/c1-4(2)3-5-6(8)7(13-10-5)14(9,11)12/h4H,3H2,1-2H3. The van der Waals surface area contributed by atoms with Gasteiger partial charge < -0.3 is 4.52 Å². The molecule has 0 N–H and O–H groups in total. The van der Waals surface area contributed by atoms with E-state index in [0.29, 0.717) is 6.42 Å². The summed E-state index contributed by atoms with van der Waals surface area (Å²) in [6.07, 6.45) is 0.442. The Balaban J connectivity index is 3.09. The van der Waals surface area contributed by atoms with Gasteiger partial charge in [-0.2, -0.15) is 8.42 Å². The first kappa shape index (κ1) is 11.5. The van der Waals surface area contributed by atoms with Crippen molar-refractivity contribution in [1.82, 2.24) is 5.16 Å². The summed E-state index contributed by atoms with van der Waals surface area (Å²) in [5.74, 6) is 0.229. The molecular weight excluding hydrogens is 233 g/mol. The van der Waals surface area contributed by atoms with Crippen molar-refractivity contribution < 1.29 is 16.8 Å². The number of nitrogens with zero attached hydrogens (tertiary/aromatic N) is 1. The van der Waals surface area contributed by atoms with E-state index in [4.69, 9.17) is 11.6 Å². The third-order valence-electron chi connectivity index (χ3n) is 1.49. The van der Waals surface area contributed by atoms with Crippen molar-refractivity contribution in [2.45, 2.75) is 25.4 Å². The SMILES string of the molecule is CC(C)Cc1noc(S(=O)(=O)F)c1Cl. The molecule has 0 aromatic carbocycles. The number of hydrogen-bond acceptors (Lipinski definition) is 4. The smallest absolute Gasteiger partial charge is 0.340 e. The van der Waals surface area contributed by atoms with Crippen molar-refractivity contribution in [2.24, 2.45) is 5.92 Å². The second-order valence-corrected chi connectivity index (χ2v) is 4.89. The van der Waals surface area contributed by atoms with Gasteiger partial charge in [-0.25, -0.2) is 0 Å². The summed E-state index contributed by atoms with van der Waals surface area (Å²) in [4.78, 5) is 0. The van der Waals surface area contributed by atoms with E-state index in [1.54, 1.807) is 0 Å². The van der Waals surface area contributed by atoms with E-state index in [1.165, 1.54) is 0 Å². The largest absolute Gasteiger partial charge is 0.370 e. The lowest BCUT2D eigenvalue weighted by Gasteiger charge is -1.98. The predicted octanol–water partition coefficient (Wildman–Crippen LogP) is 2.18. The first-order valence-electron chi connectivity index (χ1n) is 3.91. The number of hydrogen-bond donors (Lipinski definition) is 0. The van der Waals surface area contributed by atoms with E-state index in [9.17, 15) is 12.3 Å². The molecule has 1 heterocycles. The van der Waals surface area contributed by atoms with Gasteiger partial charge in [-0.1, -0.05) is 34.5 Å². The zero-order valence-electron chi connectivity index (χ0n) is 7.62. The van der Waals surface area contributed by atoms with Crippen molar-refractivity contribution in [2.75, 3.05) is 0 Å². The molecular formula is C7H9ClFNO3S. The van der Waals surface area contributed by atoms with Gasteiger partial charge in [0.2, 0.25) is 0 Å². The fourth-order valence-corrected chi connectivity index (χ4v) is 1.84. The molecule has 4 nitrogen and oxygen atoms in total. The van der Waals surface area contributed by atoms with E-state index < -0.39 is 15.3 Å². The maximum absolute atomic E-state index is 12.5. The van der Waals surface area contributed by atoms with Crippen LogP contribution in [0.15, 0.2) is 9.62 Å². The summed E-state index contributed by atoms with van der Waals surface area (Å²) in [6, 6.07) is 0. The lowest BCUT2D eigenvalue weighted by molar-refractivity contribution is 0.327. The maximum atomic E-state index is 12.5. The monoisotopic (exact) mass is 241 g/mol. The molecule has 0 amide bonds. The highest BCUT2D eigenvalue weighted by molar-refractivity contribution is 7.86. The molecule has 0 spiro atoms. The highest BCUT2D eigenvalue weighted by Gasteiger charge is 2.26. The minimum absolute atomic E-state index is 0.229. The highest BCUT2D eigenvalue weighted by Crippen LogP contribution is 2.27. The summed E-state index contributed by atoms with van der Waals surface area (Å²) >= 11 is 5.58. The average molecular weight is 242 g/mol. The fourth-order valence-electron chi connectivity index (χ4n) is 0.960. The van der Waals surface area contributed by atoms with Crippen LogP contribution in [0.2, 0.25) is 5.02 Å². The molecule has 7 heteroatoms. The summed E-state index contributed by atoms with van der Waals surface area (Å²) in [5, 5.41) is 2.23. The van der Waals surface area contributed by atoms with Crippen molar-refractivity contribution in [3.63, 3.8) is 0 Å². The topological polar surface area (TPSA) is 60.2 Å². The molecule has 1 aromatic rings. The van der Waals surface area contributed by atoms with E-state index in [1.807, 2.05) is 13.8 Å². The molecule has 80 valence electrons. The first-order valence-corrected chi connectivity index (χ1v) is 5.67. The zero-order valence-corrected chi connectivity index (χ0v) is 9.19. The van der Waals surface area contributed by atoms with Crippen LogP contribution in [0.5, 0.6) is 0 Å². The van der Waals surface area contributed by atoms with Gasteiger partial charge in [0.1, 0.15) is 10.7 Å². The van der Waals surface area contributed by atoms with Crippen LogP contribution in [0, 0.1) is 5.92 Å². The molecule has 14 heavy (non-hydrogen) atoms. The normalized spacial score (nSPS) is 12.4. The van der Waals surface area contributed by atoms with Crippen LogP contribution in [0.1, 0.15) is 19.5 Å². The Labute approximate surface area is 86.2 Å². The van der Waals surface area contributed by atoms with Gasteiger partial charge in [0.05, 0.1) is 0 Å². The molecule has 0 saturated heterocycles. The average Bonchev–Trinajstić information content (AvgIpc) is 2.30. The molecule has 0 bridgehead atoms. The van der Waals surface area contributed by atoms with E-state index in [2.05, 4.69) is 9.68 Å². The maximum Gasteiger partial charge on any atom is 0.370 e. The predicted molar refractivity (Wildman–Crippen MR) is 48.3 cm³/mol. The highest BCUT2D eigenvalue weighted by atomic mass is 35.5. The van der Waals surface area contributed by atoms with Crippen molar-refractivity contribution in [3.8, 4) is 0 Å². The third-order valence-corrected chi connectivity index (χ3v) is 2.72. The molecule has 1 rings (SSSR count). The van der Waals surface area contributed by atoms with Gasteiger partial charge >= 0.3 is 15.3 Å². The summed E-state index contributed by atoms with van der Waals surface area (Å²) in [6.45, 7) is 3.79. The van der Waals surface area contributed by atoms with Crippen LogP contribution in [0.25, 0.3) is 0 Å². The summed E-state index contributed by atoms with van der Waals surface area (Å²) < 4.78 is 37.7. The van der Waals surface area contributed by atoms with Gasteiger partial charge in [0.15, 0.2) is 0 Å². The lowest BCUT2D eigenvalue weighted by Crippen LogP contribution is -1.95. The summed E-state index contributed by atoms with van der Waals surface area (Å²) in [5.41, 5.74) is 0.262. The lowest BCUT2D eigenvalue weighted by atomic mass is 10.1. The van der Waals surface area contributed by atoms with E-state index in [-0.39, 0.29) is 16.6 Å². The molecule has 0 fully saturated rings. The Morgan fingerprint density at radius 2 is 2.14 bits per heavy atom. The van der Waals surface area contributed by atoms with Gasteiger partial charge in [0.25, 0.3) is 0 Å². The fraction of sp³-hybridized carbons (Fsp3) is 0.571. The molecule has 1 aromatic heterocycles. The van der Waals surface area contributed by atoms with Crippen LogP contribution in [0.3, 0.4) is 0 Å². The molecule has 0 unspecified atom stereocenters. The Hall–Kier alpha value is -0.620. The van der Waals surface area contributed by atoms with Crippen molar-refractivity contribution in [3.05, 3.63) is 10.7 Å². The number of rotatable bonds is 3. The Kier molecular flexibility index (Phi) is 3.16. The summed E-state index contributed by atoms with van der Waals surface area (Å²) in [7, 11) is -4.91. The molecule has 0 aliphatic heterocycles. The zero-order chi connectivity index (χ0) is 10.9. The van der Waals surface area contributed by atoms with Gasteiger partial charge in [-0.05, 0) is 12.3 Å². The first-order chi connectivity index (χ1) is 6.32. The van der Waals surface area contributed by atoms with Gasteiger partial charge in [0, 0.05) is 0 Å². The van der Waals surface area contributed by atoms with Crippen molar-refractivity contribution >= 4 is 21.8 Å².